The largest absolute Gasteiger partial charge is 0.423 e. The Hall–Kier alpha value is -2.37. The minimum Gasteiger partial charge on any atom is -0.423 e. The van der Waals surface area contributed by atoms with Gasteiger partial charge in [0.1, 0.15) is 5.75 Å². The smallest absolute Gasteiger partial charge is 0.345 e. The molecule has 2 rings (SSSR count). The van der Waals surface area contributed by atoms with Gasteiger partial charge in [-0.15, -0.1) is 0 Å². The van der Waals surface area contributed by atoms with E-state index in [9.17, 15) is 9.90 Å². The first-order valence-corrected chi connectivity index (χ1v) is 6.59. The maximum Gasteiger partial charge on any atom is 0.345 e. The lowest BCUT2D eigenvalue weighted by Gasteiger charge is -2.13. The molecule has 2 aromatic rings. The van der Waals surface area contributed by atoms with Gasteiger partial charge in [-0.2, -0.15) is 0 Å². The molecule has 0 amide bonds. The first-order chi connectivity index (χ1) is 10.2. The van der Waals surface area contributed by atoms with Crippen molar-refractivity contribution in [1.29, 1.82) is 0 Å². The van der Waals surface area contributed by atoms with Crippen LogP contribution in [0.3, 0.4) is 0 Å². The normalized spacial score (nSPS) is 11.7. The maximum absolute atomic E-state index is 12.2. The Balaban J connectivity index is 2.10. The molecule has 1 atom stereocenters. The van der Waals surface area contributed by atoms with E-state index in [4.69, 9.17) is 9.84 Å². The van der Waals surface area contributed by atoms with Crippen LogP contribution in [0.15, 0.2) is 54.6 Å². The number of hydrogen-bond acceptors (Lipinski definition) is 5. The van der Waals surface area contributed by atoms with E-state index in [1.807, 2.05) is 6.07 Å². The van der Waals surface area contributed by atoms with Crippen molar-refractivity contribution >= 4 is 11.7 Å². The fourth-order valence-corrected chi connectivity index (χ4v) is 1.76. The van der Waals surface area contributed by atoms with Crippen molar-refractivity contribution < 1.29 is 19.7 Å². The van der Waals surface area contributed by atoms with Crippen molar-refractivity contribution in [2.24, 2.45) is 0 Å². The standard InChI is InChI=1S/C16H17NO4/c18-11-12(19)10-17-15-9-5-4-8-14(15)16(20)21-13-6-2-1-3-7-13/h1-9,12,17-19H,10-11H2. The minimum absolute atomic E-state index is 0.145. The Labute approximate surface area is 122 Å². The lowest BCUT2D eigenvalue weighted by Crippen LogP contribution is -2.24. The van der Waals surface area contributed by atoms with Gasteiger partial charge in [0, 0.05) is 12.2 Å². The average Bonchev–Trinajstić information content (AvgIpc) is 2.53. The van der Waals surface area contributed by atoms with Crippen LogP contribution in [0.5, 0.6) is 5.75 Å². The molecule has 3 N–H and O–H groups in total. The summed E-state index contributed by atoms with van der Waals surface area (Å²) in [6.07, 6.45) is -0.886. The molecular weight excluding hydrogens is 270 g/mol. The molecule has 0 saturated heterocycles. The Kier molecular flexibility index (Phi) is 5.31. The molecule has 0 fully saturated rings. The minimum atomic E-state index is -0.886. The second-order valence-electron chi connectivity index (χ2n) is 4.47. The van der Waals surface area contributed by atoms with Crippen molar-refractivity contribution in [2.45, 2.75) is 6.10 Å². The molecule has 0 radical (unpaired) electrons. The fourth-order valence-electron chi connectivity index (χ4n) is 1.76. The van der Waals surface area contributed by atoms with E-state index in [0.29, 0.717) is 17.0 Å². The molecule has 0 aliphatic rings. The summed E-state index contributed by atoms with van der Waals surface area (Å²) in [4.78, 5) is 12.2. The van der Waals surface area contributed by atoms with Gasteiger partial charge in [0.15, 0.2) is 0 Å². The zero-order valence-corrected chi connectivity index (χ0v) is 11.4. The zero-order chi connectivity index (χ0) is 15.1. The molecular formula is C16H17NO4. The summed E-state index contributed by atoms with van der Waals surface area (Å²) >= 11 is 0. The van der Waals surface area contributed by atoms with Gasteiger partial charge in [0.05, 0.1) is 18.3 Å². The Morgan fingerprint density at radius 1 is 1.10 bits per heavy atom. The number of rotatable bonds is 6. The van der Waals surface area contributed by atoms with Crippen molar-refractivity contribution in [3.05, 3.63) is 60.2 Å². The molecule has 5 nitrogen and oxygen atoms in total. The summed E-state index contributed by atoms with van der Waals surface area (Å²) in [6, 6.07) is 15.7. The number of nitrogens with one attached hydrogen (secondary N) is 1. The van der Waals surface area contributed by atoms with Crippen LogP contribution in [0, 0.1) is 0 Å². The lowest BCUT2D eigenvalue weighted by molar-refractivity contribution is 0.0735. The van der Waals surface area contributed by atoms with Crippen LogP contribution in [0.2, 0.25) is 0 Å². The van der Waals surface area contributed by atoms with E-state index in [-0.39, 0.29) is 13.2 Å². The molecule has 110 valence electrons. The number of ether oxygens (including phenoxy) is 1. The van der Waals surface area contributed by atoms with Gasteiger partial charge in [-0.05, 0) is 24.3 Å². The van der Waals surface area contributed by atoms with Crippen LogP contribution in [0.1, 0.15) is 10.4 Å². The predicted octanol–water partition coefficient (Wildman–Crippen LogP) is 1.67. The fraction of sp³-hybridized carbons (Fsp3) is 0.188. The van der Waals surface area contributed by atoms with E-state index >= 15 is 0 Å². The van der Waals surface area contributed by atoms with Crippen molar-refractivity contribution in [2.75, 3.05) is 18.5 Å². The van der Waals surface area contributed by atoms with Crippen molar-refractivity contribution in [3.63, 3.8) is 0 Å². The Morgan fingerprint density at radius 3 is 2.48 bits per heavy atom. The molecule has 0 heterocycles. The SMILES string of the molecule is O=C(Oc1ccccc1)c1ccccc1NCC(O)CO. The van der Waals surface area contributed by atoms with E-state index < -0.39 is 12.1 Å². The van der Waals surface area contributed by atoms with Crippen molar-refractivity contribution in [1.82, 2.24) is 0 Å². The second kappa shape index (κ2) is 7.42. The predicted molar refractivity (Wildman–Crippen MR) is 79.4 cm³/mol. The number of aliphatic hydroxyl groups is 2. The number of anilines is 1. The highest BCUT2D eigenvalue weighted by atomic mass is 16.5. The van der Waals surface area contributed by atoms with E-state index in [1.165, 1.54) is 0 Å². The van der Waals surface area contributed by atoms with E-state index in [2.05, 4.69) is 5.32 Å². The number of benzene rings is 2. The lowest BCUT2D eigenvalue weighted by atomic mass is 10.1. The second-order valence-corrected chi connectivity index (χ2v) is 4.47. The van der Waals surface area contributed by atoms with Crippen LogP contribution >= 0.6 is 0 Å². The molecule has 5 heteroatoms. The first kappa shape index (κ1) is 15.0. The van der Waals surface area contributed by atoms with Gasteiger partial charge in [0.2, 0.25) is 0 Å². The van der Waals surface area contributed by atoms with Crippen LogP contribution < -0.4 is 10.1 Å². The average molecular weight is 287 g/mol. The van der Waals surface area contributed by atoms with Gasteiger partial charge < -0.3 is 20.3 Å². The summed E-state index contributed by atoms with van der Waals surface area (Å²) in [6.45, 7) is -0.199. The number of para-hydroxylation sites is 2. The molecule has 0 saturated carbocycles. The monoisotopic (exact) mass is 287 g/mol. The number of carbonyl (C=O) groups is 1. The zero-order valence-electron chi connectivity index (χ0n) is 11.4. The highest BCUT2D eigenvalue weighted by Gasteiger charge is 2.14. The summed E-state index contributed by atoms with van der Waals surface area (Å²) in [7, 11) is 0. The molecule has 0 aliphatic carbocycles. The summed E-state index contributed by atoms with van der Waals surface area (Å²) in [5, 5.41) is 21.1. The van der Waals surface area contributed by atoms with Crippen LogP contribution in [-0.4, -0.2) is 35.4 Å². The van der Waals surface area contributed by atoms with Gasteiger partial charge >= 0.3 is 5.97 Å². The van der Waals surface area contributed by atoms with Gasteiger partial charge in [-0.1, -0.05) is 30.3 Å². The summed E-state index contributed by atoms with van der Waals surface area (Å²) in [5.74, 6) is -0.0181. The number of hydrogen-bond donors (Lipinski definition) is 3. The molecule has 21 heavy (non-hydrogen) atoms. The molecule has 0 aliphatic heterocycles. The van der Waals surface area contributed by atoms with Gasteiger partial charge in [-0.25, -0.2) is 4.79 Å². The molecule has 0 aromatic heterocycles. The third-order valence-electron chi connectivity index (χ3n) is 2.84. The number of carbonyl (C=O) groups excluding carboxylic acids is 1. The topological polar surface area (TPSA) is 78.8 Å². The Bertz CT molecular complexity index is 586. The number of aliphatic hydroxyl groups excluding tert-OH is 2. The molecule has 2 aromatic carbocycles. The van der Waals surface area contributed by atoms with E-state index in [0.717, 1.165) is 0 Å². The molecule has 0 spiro atoms. The van der Waals surface area contributed by atoms with Crippen molar-refractivity contribution in [3.8, 4) is 5.75 Å². The first-order valence-electron chi connectivity index (χ1n) is 6.59. The number of esters is 1. The van der Waals surface area contributed by atoms with Crippen LogP contribution in [-0.2, 0) is 0 Å². The summed E-state index contributed by atoms with van der Waals surface area (Å²) in [5.41, 5.74) is 0.914. The highest BCUT2D eigenvalue weighted by Crippen LogP contribution is 2.18. The van der Waals surface area contributed by atoms with Gasteiger partial charge in [-0.3, -0.25) is 0 Å². The third kappa shape index (κ3) is 4.30. The Morgan fingerprint density at radius 2 is 1.76 bits per heavy atom. The quantitative estimate of drug-likeness (QED) is 0.556. The van der Waals surface area contributed by atoms with E-state index in [1.54, 1.807) is 48.5 Å². The summed E-state index contributed by atoms with van der Waals surface area (Å²) < 4.78 is 5.28. The maximum atomic E-state index is 12.2. The van der Waals surface area contributed by atoms with Crippen LogP contribution in [0.4, 0.5) is 5.69 Å². The third-order valence-corrected chi connectivity index (χ3v) is 2.84. The molecule has 0 bridgehead atoms. The molecule has 1 unspecified atom stereocenters. The highest BCUT2D eigenvalue weighted by molar-refractivity contribution is 5.96. The van der Waals surface area contributed by atoms with Gasteiger partial charge in [0.25, 0.3) is 0 Å². The van der Waals surface area contributed by atoms with Crippen LogP contribution in [0.25, 0.3) is 0 Å².